The van der Waals surface area contributed by atoms with Crippen molar-refractivity contribution in [1.29, 1.82) is 0 Å². The minimum absolute atomic E-state index is 0.209. The first-order chi connectivity index (χ1) is 7.15. The van der Waals surface area contributed by atoms with E-state index < -0.39 is 5.97 Å². The van der Waals surface area contributed by atoms with Gasteiger partial charge in [-0.25, -0.2) is 14.8 Å². The van der Waals surface area contributed by atoms with Gasteiger partial charge in [0, 0.05) is 11.8 Å². The average molecular weight is 242 g/mol. The highest BCUT2D eigenvalue weighted by molar-refractivity contribution is 8.00. The Kier molecular flexibility index (Phi) is 2.74. The third-order valence-corrected chi connectivity index (χ3v) is 3.39. The van der Waals surface area contributed by atoms with Gasteiger partial charge in [-0.2, -0.15) is 0 Å². The number of aromatic carboxylic acids is 1. The second-order valence-corrected chi connectivity index (χ2v) is 4.88. The lowest BCUT2D eigenvalue weighted by Crippen LogP contribution is -1.89. The minimum Gasteiger partial charge on any atom is -0.477 e. The molecule has 2 rings (SSSR count). The zero-order valence-corrected chi connectivity index (χ0v) is 9.26. The summed E-state index contributed by atoms with van der Waals surface area (Å²) in [5.74, 6) is -0.970. The molecule has 2 aromatic heterocycles. The molecular weight excluding hydrogens is 236 g/mol. The molecule has 2 aromatic rings. The molecule has 1 N–H and O–H groups in total. The van der Waals surface area contributed by atoms with E-state index in [2.05, 4.69) is 9.97 Å². The summed E-state index contributed by atoms with van der Waals surface area (Å²) in [5, 5.41) is 9.16. The SMILES string of the molecule is Cc1coc(Sc2ncc(C(=O)O)s2)n1. The van der Waals surface area contributed by atoms with Gasteiger partial charge in [0.2, 0.25) is 0 Å². The van der Waals surface area contributed by atoms with Crippen molar-refractivity contribution in [2.45, 2.75) is 16.5 Å². The minimum atomic E-state index is -0.970. The normalized spacial score (nSPS) is 10.5. The number of nitrogens with zero attached hydrogens (tertiary/aromatic N) is 2. The predicted molar refractivity (Wildman–Crippen MR) is 54.4 cm³/mol. The van der Waals surface area contributed by atoms with E-state index in [1.54, 1.807) is 0 Å². The molecular formula is C8H6N2O3S2. The van der Waals surface area contributed by atoms with E-state index in [1.807, 2.05) is 6.92 Å². The van der Waals surface area contributed by atoms with E-state index in [4.69, 9.17) is 9.52 Å². The smallest absolute Gasteiger partial charge is 0.347 e. The van der Waals surface area contributed by atoms with Crippen molar-refractivity contribution in [1.82, 2.24) is 9.97 Å². The molecule has 78 valence electrons. The number of hydrogen-bond donors (Lipinski definition) is 1. The van der Waals surface area contributed by atoms with Gasteiger partial charge in [-0.05, 0) is 6.92 Å². The van der Waals surface area contributed by atoms with Crippen molar-refractivity contribution < 1.29 is 14.3 Å². The van der Waals surface area contributed by atoms with Crippen LogP contribution in [0.3, 0.4) is 0 Å². The maximum atomic E-state index is 10.6. The van der Waals surface area contributed by atoms with Crippen molar-refractivity contribution in [3.05, 3.63) is 23.0 Å². The lowest BCUT2D eigenvalue weighted by Gasteiger charge is -1.87. The quantitative estimate of drug-likeness (QED) is 0.889. The van der Waals surface area contributed by atoms with Crippen molar-refractivity contribution in [3.8, 4) is 0 Å². The van der Waals surface area contributed by atoms with Crippen LogP contribution in [0.4, 0.5) is 0 Å². The molecule has 0 amide bonds. The first kappa shape index (κ1) is 10.2. The predicted octanol–water partition coefficient (Wildman–Crippen LogP) is 2.29. The topological polar surface area (TPSA) is 76.2 Å². The summed E-state index contributed by atoms with van der Waals surface area (Å²) in [6.07, 6.45) is 2.86. The number of oxazole rings is 1. The molecule has 0 aliphatic heterocycles. The van der Waals surface area contributed by atoms with Gasteiger partial charge in [-0.3, -0.25) is 0 Å². The fraction of sp³-hybridized carbons (Fsp3) is 0.125. The van der Waals surface area contributed by atoms with Gasteiger partial charge >= 0.3 is 5.97 Å². The van der Waals surface area contributed by atoms with Crippen LogP contribution in [0.25, 0.3) is 0 Å². The largest absolute Gasteiger partial charge is 0.477 e. The Bertz CT molecular complexity index is 492. The van der Waals surface area contributed by atoms with E-state index in [9.17, 15) is 4.79 Å². The molecule has 0 saturated carbocycles. The van der Waals surface area contributed by atoms with Crippen LogP contribution in [-0.2, 0) is 0 Å². The Labute approximate surface area is 93.2 Å². The lowest BCUT2D eigenvalue weighted by molar-refractivity contribution is 0.0702. The molecule has 0 radical (unpaired) electrons. The van der Waals surface area contributed by atoms with Gasteiger partial charge in [-0.1, -0.05) is 0 Å². The molecule has 0 spiro atoms. The summed E-state index contributed by atoms with van der Waals surface area (Å²) in [4.78, 5) is 18.8. The number of carboxylic acids is 1. The summed E-state index contributed by atoms with van der Waals surface area (Å²) < 4.78 is 5.71. The molecule has 0 saturated heterocycles. The molecule has 2 heterocycles. The van der Waals surface area contributed by atoms with E-state index in [0.29, 0.717) is 9.56 Å². The monoisotopic (exact) mass is 242 g/mol. The molecule has 0 unspecified atom stereocenters. The summed E-state index contributed by atoms with van der Waals surface area (Å²) in [6.45, 7) is 1.82. The molecule has 0 aromatic carbocycles. The summed E-state index contributed by atoms with van der Waals surface area (Å²) in [7, 11) is 0. The number of rotatable bonds is 3. The highest BCUT2D eigenvalue weighted by atomic mass is 32.2. The Balaban J connectivity index is 2.14. The van der Waals surface area contributed by atoms with E-state index in [-0.39, 0.29) is 4.88 Å². The van der Waals surface area contributed by atoms with Crippen LogP contribution in [0.15, 0.2) is 26.4 Å². The highest BCUT2D eigenvalue weighted by Crippen LogP contribution is 2.30. The lowest BCUT2D eigenvalue weighted by atomic mass is 10.6. The van der Waals surface area contributed by atoms with Crippen molar-refractivity contribution in [3.63, 3.8) is 0 Å². The fourth-order valence-electron chi connectivity index (χ4n) is 0.858. The van der Waals surface area contributed by atoms with E-state index >= 15 is 0 Å². The average Bonchev–Trinajstić information content (AvgIpc) is 2.76. The van der Waals surface area contributed by atoms with Crippen molar-refractivity contribution in [2.24, 2.45) is 0 Å². The van der Waals surface area contributed by atoms with Gasteiger partial charge in [0.25, 0.3) is 5.22 Å². The maximum absolute atomic E-state index is 10.6. The van der Waals surface area contributed by atoms with Gasteiger partial charge in [-0.15, -0.1) is 11.3 Å². The van der Waals surface area contributed by atoms with Gasteiger partial charge in [0.05, 0.1) is 11.9 Å². The number of hydrogen-bond acceptors (Lipinski definition) is 6. The molecule has 5 nitrogen and oxygen atoms in total. The number of aromatic nitrogens is 2. The van der Waals surface area contributed by atoms with E-state index in [1.165, 1.54) is 24.2 Å². The summed E-state index contributed by atoms with van der Waals surface area (Å²) in [5.41, 5.74) is 0.785. The number of carboxylic acid groups (broad SMARTS) is 1. The molecule has 0 aliphatic carbocycles. The van der Waals surface area contributed by atoms with Crippen LogP contribution >= 0.6 is 23.1 Å². The number of aryl methyl sites for hydroxylation is 1. The van der Waals surface area contributed by atoms with Crippen LogP contribution in [0, 0.1) is 6.92 Å². The Morgan fingerprint density at radius 1 is 1.67 bits per heavy atom. The van der Waals surface area contributed by atoms with Gasteiger partial charge < -0.3 is 9.52 Å². The zero-order valence-electron chi connectivity index (χ0n) is 7.63. The molecule has 0 atom stereocenters. The molecule has 0 bridgehead atoms. The fourth-order valence-corrected chi connectivity index (χ4v) is 2.53. The van der Waals surface area contributed by atoms with Crippen molar-refractivity contribution in [2.75, 3.05) is 0 Å². The van der Waals surface area contributed by atoms with E-state index in [0.717, 1.165) is 17.0 Å². The molecule has 15 heavy (non-hydrogen) atoms. The number of thiazole rings is 1. The summed E-state index contributed by atoms with van der Waals surface area (Å²) in [6, 6.07) is 0. The number of carbonyl (C=O) groups is 1. The second-order valence-electron chi connectivity index (χ2n) is 2.65. The van der Waals surface area contributed by atoms with Crippen LogP contribution in [0.1, 0.15) is 15.4 Å². The Hall–Kier alpha value is -1.34. The Morgan fingerprint density at radius 3 is 3.00 bits per heavy atom. The molecule has 0 aliphatic rings. The third kappa shape index (κ3) is 2.37. The third-order valence-electron chi connectivity index (χ3n) is 1.47. The standard InChI is InChI=1S/C8H6N2O3S2/c1-4-3-13-7(10-4)15-8-9-2-5(14-8)6(11)12/h2-3H,1H3,(H,11,12). The van der Waals surface area contributed by atoms with Crippen LogP contribution in [-0.4, -0.2) is 21.0 Å². The van der Waals surface area contributed by atoms with Gasteiger partial charge in [0.1, 0.15) is 11.1 Å². The maximum Gasteiger partial charge on any atom is 0.347 e. The molecule has 7 heteroatoms. The summed E-state index contributed by atoms with van der Waals surface area (Å²) >= 11 is 2.31. The zero-order chi connectivity index (χ0) is 10.8. The van der Waals surface area contributed by atoms with Crippen LogP contribution < -0.4 is 0 Å². The first-order valence-electron chi connectivity index (χ1n) is 3.94. The first-order valence-corrected chi connectivity index (χ1v) is 5.57. The molecule has 0 fully saturated rings. The highest BCUT2D eigenvalue weighted by Gasteiger charge is 2.11. The van der Waals surface area contributed by atoms with Crippen molar-refractivity contribution >= 4 is 29.1 Å². The van der Waals surface area contributed by atoms with Crippen LogP contribution in [0.5, 0.6) is 0 Å². The van der Waals surface area contributed by atoms with Gasteiger partial charge in [0.15, 0.2) is 4.34 Å². The second kappa shape index (κ2) is 4.03. The van der Waals surface area contributed by atoms with Crippen LogP contribution in [0.2, 0.25) is 0 Å². The Morgan fingerprint density at radius 2 is 2.47 bits per heavy atom.